The van der Waals surface area contributed by atoms with Crippen molar-refractivity contribution >= 4 is 34.9 Å². The first-order valence-corrected chi connectivity index (χ1v) is 9.88. The molecule has 2 aliphatic heterocycles. The molecule has 0 fully saturated rings. The Labute approximate surface area is 164 Å². The SMILES string of the molecule is CC(CN=NCC(C1=NC(CCO)CN1)C(Cl)Cl)C1=NC(CCO)CN1. The van der Waals surface area contributed by atoms with E-state index >= 15 is 0 Å². The van der Waals surface area contributed by atoms with Crippen LogP contribution in [0, 0.1) is 11.8 Å². The molecule has 0 aliphatic carbocycles. The number of hydrogen-bond acceptors (Lipinski definition) is 8. The quantitative estimate of drug-likeness (QED) is 0.302. The molecule has 4 atom stereocenters. The number of nitrogens with zero attached hydrogens (tertiary/aromatic N) is 4. The molecular formula is C16H28Cl2N6O2. The minimum Gasteiger partial charge on any atom is -0.396 e. The van der Waals surface area contributed by atoms with E-state index in [-0.39, 0.29) is 37.1 Å². The number of halogens is 2. The summed E-state index contributed by atoms with van der Waals surface area (Å²) < 4.78 is 0. The lowest BCUT2D eigenvalue weighted by Crippen LogP contribution is -2.33. The van der Waals surface area contributed by atoms with Gasteiger partial charge in [0.25, 0.3) is 0 Å². The zero-order valence-electron chi connectivity index (χ0n) is 15.0. The van der Waals surface area contributed by atoms with Gasteiger partial charge in [-0.3, -0.25) is 9.98 Å². The van der Waals surface area contributed by atoms with Crippen molar-refractivity contribution in [3.8, 4) is 0 Å². The van der Waals surface area contributed by atoms with E-state index in [1.165, 1.54) is 0 Å². The maximum atomic E-state index is 9.01. The maximum Gasteiger partial charge on any atom is 0.119 e. The molecule has 4 unspecified atom stereocenters. The Bertz CT molecular complexity index is 529. The Morgan fingerprint density at radius 1 is 1.00 bits per heavy atom. The van der Waals surface area contributed by atoms with Gasteiger partial charge < -0.3 is 20.8 Å². The molecule has 0 saturated heterocycles. The van der Waals surface area contributed by atoms with Gasteiger partial charge in [-0.05, 0) is 12.8 Å². The average molecular weight is 407 g/mol. The number of nitrogens with one attached hydrogen (secondary N) is 2. The molecule has 0 bridgehead atoms. The Morgan fingerprint density at radius 3 is 2.12 bits per heavy atom. The van der Waals surface area contributed by atoms with Gasteiger partial charge in [-0.2, -0.15) is 10.2 Å². The number of aliphatic imine (C=N–C) groups is 2. The molecule has 10 heteroatoms. The minimum atomic E-state index is -0.634. The lowest BCUT2D eigenvalue weighted by Gasteiger charge is -2.15. The third-order valence-electron chi connectivity index (χ3n) is 4.46. The smallest absolute Gasteiger partial charge is 0.119 e. The summed E-state index contributed by atoms with van der Waals surface area (Å²) in [6.45, 7) is 4.61. The van der Waals surface area contributed by atoms with Crippen LogP contribution in [0.1, 0.15) is 19.8 Å². The van der Waals surface area contributed by atoms with Gasteiger partial charge in [0.05, 0.1) is 31.1 Å². The molecule has 0 saturated carbocycles. The summed E-state index contributed by atoms with van der Waals surface area (Å²) in [7, 11) is 0. The average Bonchev–Trinajstić information content (AvgIpc) is 3.25. The van der Waals surface area contributed by atoms with E-state index in [4.69, 9.17) is 33.4 Å². The predicted octanol–water partition coefficient (Wildman–Crippen LogP) is 1.000. The maximum absolute atomic E-state index is 9.01. The fraction of sp³-hybridized carbons (Fsp3) is 0.875. The Hall–Kier alpha value is -0.960. The minimum absolute atomic E-state index is 0.0554. The van der Waals surface area contributed by atoms with Gasteiger partial charge in [0.1, 0.15) is 16.5 Å². The van der Waals surface area contributed by atoms with Crippen LogP contribution in [-0.4, -0.2) is 78.2 Å². The zero-order chi connectivity index (χ0) is 18.9. The third kappa shape index (κ3) is 6.33. The number of aliphatic hydroxyl groups is 2. The van der Waals surface area contributed by atoms with Gasteiger partial charge in [0, 0.05) is 32.2 Å². The van der Waals surface area contributed by atoms with Crippen LogP contribution < -0.4 is 10.6 Å². The van der Waals surface area contributed by atoms with Crippen LogP contribution in [0.4, 0.5) is 0 Å². The number of rotatable bonds is 11. The van der Waals surface area contributed by atoms with Crippen molar-refractivity contribution in [2.24, 2.45) is 32.0 Å². The van der Waals surface area contributed by atoms with Gasteiger partial charge in [-0.1, -0.05) is 6.92 Å². The van der Waals surface area contributed by atoms with Gasteiger partial charge in [-0.15, -0.1) is 23.2 Å². The summed E-state index contributed by atoms with van der Waals surface area (Å²) in [4.78, 5) is 8.45. The monoisotopic (exact) mass is 406 g/mol. The molecule has 2 heterocycles. The molecule has 0 spiro atoms. The van der Waals surface area contributed by atoms with Crippen molar-refractivity contribution in [3.63, 3.8) is 0 Å². The third-order valence-corrected chi connectivity index (χ3v) is 5.07. The van der Waals surface area contributed by atoms with Crippen LogP contribution >= 0.6 is 23.2 Å². The van der Waals surface area contributed by atoms with Gasteiger partial charge in [-0.25, -0.2) is 0 Å². The standard InChI is InChI=1S/C16H28Cl2N6O2/c1-10(15-19-7-11(23-15)2-4-25)6-21-22-9-13(14(17)18)16-20-8-12(24-16)3-5-26/h10-14,25-26H,2-9H2,1H3,(H,19,23)(H,20,24). The molecule has 8 nitrogen and oxygen atoms in total. The van der Waals surface area contributed by atoms with Crippen molar-refractivity contribution in [1.82, 2.24) is 10.6 Å². The first-order chi connectivity index (χ1) is 12.5. The van der Waals surface area contributed by atoms with Crippen LogP contribution in [0.2, 0.25) is 0 Å². The molecule has 0 radical (unpaired) electrons. The zero-order valence-corrected chi connectivity index (χ0v) is 16.5. The van der Waals surface area contributed by atoms with E-state index in [0.29, 0.717) is 32.5 Å². The Morgan fingerprint density at radius 2 is 1.54 bits per heavy atom. The fourth-order valence-electron chi connectivity index (χ4n) is 2.88. The Kier molecular flexibility index (Phi) is 9.04. The summed E-state index contributed by atoms with van der Waals surface area (Å²) in [6.07, 6.45) is 1.29. The second kappa shape index (κ2) is 11.0. The molecular weight excluding hydrogens is 379 g/mol. The first kappa shape index (κ1) is 21.3. The highest BCUT2D eigenvalue weighted by molar-refractivity contribution is 6.45. The number of hydrogen-bond donors (Lipinski definition) is 4. The second-order valence-corrected chi connectivity index (χ2v) is 7.78. The lowest BCUT2D eigenvalue weighted by atomic mass is 10.1. The van der Waals surface area contributed by atoms with E-state index in [1.807, 2.05) is 6.92 Å². The number of aliphatic hydroxyl groups excluding tert-OH is 2. The van der Waals surface area contributed by atoms with Crippen LogP contribution in [0.5, 0.6) is 0 Å². The van der Waals surface area contributed by atoms with Gasteiger partial charge in [0.15, 0.2) is 0 Å². The molecule has 2 rings (SSSR count). The first-order valence-electron chi connectivity index (χ1n) is 9.01. The predicted molar refractivity (Wildman–Crippen MR) is 105 cm³/mol. The topological polar surface area (TPSA) is 114 Å². The fourth-order valence-corrected chi connectivity index (χ4v) is 3.28. The molecule has 0 aromatic heterocycles. The van der Waals surface area contributed by atoms with Crippen molar-refractivity contribution < 1.29 is 10.2 Å². The Balaban J connectivity index is 1.82. The molecule has 0 aromatic rings. The van der Waals surface area contributed by atoms with Crippen LogP contribution in [0.15, 0.2) is 20.2 Å². The van der Waals surface area contributed by atoms with E-state index in [0.717, 1.165) is 18.2 Å². The van der Waals surface area contributed by atoms with Crippen LogP contribution in [-0.2, 0) is 0 Å². The molecule has 4 N–H and O–H groups in total. The molecule has 0 aromatic carbocycles. The summed E-state index contributed by atoms with van der Waals surface area (Å²) in [5.41, 5.74) is 0. The summed E-state index contributed by atoms with van der Waals surface area (Å²) >= 11 is 12.2. The second-order valence-electron chi connectivity index (χ2n) is 6.61. The van der Waals surface area contributed by atoms with Gasteiger partial charge >= 0.3 is 0 Å². The van der Waals surface area contributed by atoms with Gasteiger partial charge in [0.2, 0.25) is 0 Å². The van der Waals surface area contributed by atoms with Crippen LogP contribution in [0.3, 0.4) is 0 Å². The largest absolute Gasteiger partial charge is 0.396 e. The summed E-state index contributed by atoms with van der Waals surface area (Å²) in [5, 5.41) is 32.9. The van der Waals surface area contributed by atoms with E-state index in [2.05, 4.69) is 30.8 Å². The highest BCUT2D eigenvalue weighted by atomic mass is 35.5. The van der Waals surface area contributed by atoms with E-state index < -0.39 is 4.84 Å². The highest BCUT2D eigenvalue weighted by Crippen LogP contribution is 2.20. The van der Waals surface area contributed by atoms with Crippen molar-refractivity contribution in [2.75, 3.05) is 39.4 Å². The van der Waals surface area contributed by atoms with E-state index in [9.17, 15) is 0 Å². The summed E-state index contributed by atoms with van der Waals surface area (Å²) in [5.74, 6) is 1.55. The molecule has 0 amide bonds. The number of azo groups is 1. The number of amidine groups is 2. The van der Waals surface area contributed by atoms with Crippen molar-refractivity contribution in [2.45, 2.75) is 36.7 Å². The van der Waals surface area contributed by atoms with Crippen molar-refractivity contribution in [3.05, 3.63) is 0 Å². The molecule has 26 heavy (non-hydrogen) atoms. The highest BCUT2D eigenvalue weighted by Gasteiger charge is 2.28. The van der Waals surface area contributed by atoms with E-state index in [1.54, 1.807) is 0 Å². The molecule has 2 aliphatic rings. The van der Waals surface area contributed by atoms with Crippen LogP contribution in [0.25, 0.3) is 0 Å². The van der Waals surface area contributed by atoms with Crippen molar-refractivity contribution in [1.29, 1.82) is 0 Å². The number of alkyl halides is 2. The normalized spacial score (nSPS) is 25.2. The lowest BCUT2D eigenvalue weighted by molar-refractivity contribution is 0.277. The molecule has 148 valence electrons. The summed E-state index contributed by atoms with van der Waals surface area (Å²) in [6, 6.07) is 0.199.